The Morgan fingerprint density at radius 1 is 0.950 bits per heavy atom. The van der Waals surface area contributed by atoms with Gasteiger partial charge in [0.15, 0.2) is 0 Å². The van der Waals surface area contributed by atoms with Gasteiger partial charge >= 0.3 is 0 Å². The SMILES string of the molecule is CCn1nc(C)cc1C(=O)N=c1n(C)c2cccc(CCl)c2n1CCCCn1c(=NC=O)n(C)c2ccccc21. The number of unbranched alkanes of at least 4 members (excludes halogenated alkanes) is 1. The highest BCUT2D eigenvalue weighted by molar-refractivity contribution is 6.17. The number of carbonyl (C=O) groups excluding carboxylic acids is 2. The zero-order chi connectivity index (χ0) is 28.4. The third-order valence-electron chi connectivity index (χ3n) is 7.29. The second kappa shape index (κ2) is 11.5. The minimum atomic E-state index is -0.332. The summed E-state index contributed by atoms with van der Waals surface area (Å²) in [7, 11) is 3.84. The molecule has 0 unspecified atom stereocenters. The van der Waals surface area contributed by atoms with E-state index in [0.717, 1.165) is 46.2 Å². The lowest BCUT2D eigenvalue weighted by molar-refractivity contribution is -0.107. The van der Waals surface area contributed by atoms with Crippen molar-refractivity contribution in [2.45, 2.75) is 52.2 Å². The number of rotatable bonds is 9. The molecule has 0 fully saturated rings. The topological polar surface area (TPSA) is 96.4 Å². The molecule has 0 aliphatic carbocycles. The van der Waals surface area contributed by atoms with Crippen LogP contribution in [-0.2, 0) is 44.4 Å². The second-order valence-electron chi connectivity index (χ2n) is 9.77. The number of aromatic nitrogens is 6. The lowest BCUT2D eigenvalue weighted by atomic mass is 10.2. The summed E-state index contributed by atoms with van der Waals surface area (Å²) in [5.74, 6) is 0.0137. The van der Waals surface area contributed by atoms with Gasteiger partial charge in [0.1, 0.15) is 5.69 Å². The molecule has 0 bridgehead atoms. The normalized spacial score (nSPS) is 12.7. The highest BCUT2D eigenvalue weighted by Gasteiger charge is 2.17. The average molecular weight is 561 g/mol. The van der Waals surface area contributed by atoms with E-state index in [0.29, 0.717) is 48.9 Å². The number of imidazole rings is 2. The zero-order valence-corrected chi connectivity index (χ0v) is 24.0. The number of nitrogens with zero attached hydrogens (tertiary/aromatic N) is 8. The monoisotopic (exact) mass is 560 g/mol. The Hall–Kier alpha value is -4.18. The molecule has 208 valence electrons. The summed E-state index contributed by atoms with van der Waals surface area (Å²) < 4.78 is 9.73. The molecule has 3 aromatic heterocycles. The van der Waals surface area contributed by atoms with Crippen LogP contribution in [0.2, 0.25) is 0 Å². The van der Waals surface area contributed by atoms with E-state index in [1.807, 2.05) is 79.5 Å². The number of amides is 2. The number of aryl methyl sites for hydroxylation is 6. The Bertz CT molecular complexity index is 1860. The Kier molecular flexibility index (Phi) is 7.88. The molecule has 5 aromatic rings. The van der Waals surface area contributed by atoms with E-state index in [4.69, 9.17) is 11.6 Å². The van der Waals surface area contributed by atoms with Crippen LogP contribution >= 0.6 is 11.6 Å². The average Bonchev–Trinajstić information content (AvgIpc) is 3.57. The molecule has 0 aliphatic heterocycles. The number of fused-ring (bicyclic) bond motifs is 2. The smallest absolute Gasteiger partial charge is 0.298 e. The largest absolute Gasteiger partial charge is 0.313 e. The number of alkyl halides is 1. The highest BCUT2D eigenvalue weighted by Crippen LogP contribution is 2.21. The molecule has 3 heterocycles. The van der Waals surface area contributed by atoms with Crippen LogP contribution in [0.4, 0.5) is 0 Å². The van der Waals surface area contributed by atoms with Gasteiger partial charge in [-0.25, -0.2) is 0 Å². The molecule has 5 rings (SSSR count). The fourth-order valence-electron chi connectivity index (χ4n) is 5.45. The third kappa shape index (κ3) is 4.83. The molecule has 10 nitrogen and oxygen atoms in total. The van der Waals surface area contributed by atoms with Crippen LogP contribution < -0.4 is 11.2 Å². The first-order valence-electron chi connectivity index (χ1n) is 13.4. The number of halogens is 1. The van der Waals surface area contributed by atoms with Gasteiger partial charge in [0, 0.05) is 39.6 Å². The van der Waals surface area contributed by atoms with Gasteiger partial charge in [0.05, 0.1) is 27.8 Å². The Morgan fingerprint density at radius 3 is 2.33 bits per heavy atom. The van der Waals surface area contributed by atoms with E-state index in [9.17, 15) is 9.59 Å². The van der Waals surface area contributed by atoms with Crippen molar-refractivity contribution in [1.29, 1.82) is 0 Å². The van der Waals surface area contributed by atoms with Gasteiger partial charge in [-0.05, 0) is 56.5 Å². The molecule has 11 heteroatoms. The molecule has 0 saturated carbocycles. The van der Waals surface area contributed by atoms with Crippen molar-refractivity contribution in [3.05, 3.63) is 76.7 Å². The predicted molar refractivity (Wildman–Crippen MR) is 155 cm³/mol. The molecule has 2 aromatic carbocycles. The Morgan fingerprint density at radius 2 is 1.62 bits per heavy atom. The second-order valence-corrected chi connectivity index (χ2v) is 10.0. The molecular formula is C29H33ClN8O2. The van der Waals surface area contributed by atoms with E-state index >= 15 is 0 Å². The van der Waals surface area contributed by atoms with E-state index < -0.39 is 0 Å². The van der Waals surface area contributed by atoms with Crippen LogP contribution in [0, 0.1) is 6.92 Å². The zero-order valence-electron chi connectivity index (χ0n) is 23.2. The highest BCUT2D eigenvalue weighted by atomic mass is 35.5. The molecule has 0 spiro atoms. The van der Waals surface area contributed by atoms with Gasteiger partial charge in [0.25, 0.3) is 5.91 Å². The molecule has 0 aliphatic rings. The first-order valence-corrected chi connectivity index (χ1v) is 13.9. The molecule has 40 heavy (non-hydrogen) atoms. The van der Waals surface area contributed by atoms with Crippen molar-refractivity contribution in [2.75, 3.05) is 0 Å². The summed E-state index contributed by atoms with van der Waals surface area (Å²) in [6, 6.07) is 15.8. The van der Waals surface area contributed by atoms with Gasteiger partial charge < -0.3 is 18.3 Å². The summed E-state index contributed by atoms with van der Waals surface area (Å²) in [6.45, 7) is 5.72. The van der Waals surface area contributed by atoms with Crippen LogP contribution in [0.1, 0.15) is 41.5 Å². The maximum absolute atomic E-state index is 13.4. The number of hydrogen-bond donors (Lipinski definition) is 0. The summed E-state index contributed by atoms with van der Waals surface area (Å²) >= 11 is 6.35. The lowest BCUT2D eigenvalue weighted by Gasteiger charge is -2.09. The quantitative estimate of drug-likeness (QED) is 0.156. The molecule has 0 N–H and O–H groups in total. The maximum atomic E-state index is 13.4. The van der Waals surface area contributed by atoms with Crippen molar-refractivity contribution in [3.8, 4) is 0 Å². The van der Waals surface area contributed by atoms with Crippen molar-refractivity contribution in [1.82, 2.24) is 28.0 Å². The number of hydrogen-bond acceptors (Lipinski definition) is 3. The molecular weight excluding hydrogens is 528 g/mol. The summed E-state index contributed by atoms with van der Waals surface area (Å²) in [6.07, 6.45) is 2.21. The number of carbonyl (C=O) groups is 2. The minimum Gasteiger partial charge on any atom is -0.313 e. The van der Waals surface area contributed by atoms with Crippen LogP contribution in [0.15, 0.2) is 58.5 Å². The van der Waals surface area contributed by atoms with Gasteiger partial charge in [-0.2, -0.15) is 15.1 Å². The third-order valence-corrected chi connectivity index (χ3v) is 7.58. The van der Waals surface area contributed by atoms with Gasteiger partial charge in [-0.3, -0.25) is 14.3 Å². The van der Waals surface area contributed by atoms with Crippen molar-refractivity contribution in [2.24, 2.45) is 24.1 Å². The Labute approximate surface area is 236 Å². The maximum Gasteiger partial charge on any atom is 0.298 e. The van der Waals surface area contributed by atoms with Crippen LogP contribution in [-0.4, -0.2) is 40.4 Å². The van der Waals surface area contributed by atoms with E-state index in [1.54, 1.807) is 10.7 Å². The fourth-order valence-corrected chi connectivity index (χ4v) is 5.66. The van der Waals surface area contributed by atoms with E-state index in [-0.39, 0.29) is 5.91 Å². The first-order chi connectivity index (χ1) is 19.4. The van der Waals surface area contributed by atoms with Gasteiger partial charge in [0.2, 0.25) is 17.6 Å². The van der Waals surface area contributed by atoms with Gasteiger partial charge in [-0.1, -0.05) is 24.3 Å². The molecule has 0 saturated heterocycles. The van der Waals surface area contributed by atoms with E-state index in [1.165, 1.54) is 0 Å². The van der Waals surface area contributed by atoms with Gasteiger partial charge in [-0.15, -0.1) is 11.6 Å². The number of para-hydroxylation sites is 3. The van der Waals surface area contributed by atoms with Crippen molar-refractivity contribution < 1.29 is 9.59 Å². The first kappa shape index (κ1) is 27.4. The predicted octanol–water partition coefficient (Wildman–Crippen LogP) is 3.82. The summed E-state index contributed by atoms with van der Waals surface area (Å²) in [5, 5.41) is 4.41. The van der Waals surface area contributed by atoms with Crippen LogP contribution in [0.5, 0.6) is 0 Å². The van der Waals surface area contributed by atoms with E-state index in [2.05, 4.69) is 24.2 Å². The molecule has 0 atom stereocenters. The minimum absolute atomic E-state index is 0.332. The van der Waals surface area contributed by atoms with Crippen molar-refractivity contribution >= 4 is 46.0 Å². The van der Waals surface area contributed by atoms with Crippen LogP contribution in [0.25, 0.3) is 22.1 Å². The summed E-state index contributed by atoms with van der Waals surface area (Å²) in [4.78, 5) is 33.3. The Balaban J connectivity index is 1.51. The lowest BCUT2D eigenvalue weighted by Crippen LogP contribution is -2.27. The standard InChI is InChI=1S/C29H33ClN8O2/c1-5-38-25(17-20(2)33-38)27(40)32-29-35(4)24-14-10-11-21(18-30)26(24)37(29)16-9-8-15-36-23-13-7-6-12-22(23)34(3)28(36)31-19-39/h6-7,10-14,17,19H,5,8-9,15-16,18H2,1-4H3. The summed E-state index contributed by atoms with van der Waals surface area (Å²) in [5.41, 5.74) is 7.37. The number of benzene rings is 2. The molecule has 2 amide bonds. The fraction of sp³-hybridized carbons (Fsp3) is 0.345. The molecule has 0 radical (unpaired) electrons. The van der Waals surface area contributed by atoms with Crippen LogP contribution in [0.3, 0.4) is 0 Å². The van der Waals surface area contributed by atoms with Crippen molar-refractivity contribution in [3.63, 3.8) is 0 Å².